The van der Waals surface area contributed by atoms with Crippen LogP contribution in [0.2, 0.25) is 0 Å². The van der Waals surface area contributed by atoms with Crippen LogP contribution in [0.15, 0.2) is 33.5 Å². The Morgan fingerprint density at radius 3 is 2.81 bits per heavy atom. The molecule has 0 amide bonds. The summed E-state index contributed by atoms with van der Waals surface area (Å²) < 4.78 is 9.63. The molecular formula is C13H12N2O6. The molecule has 2 rings (SSSR count). The summed E-state index contributed by atoms with van der Waals surface area (Å²) in [5.74, 6) is -0.580. The maximum atomic E-state index is 11.7. The molecule has 2 aromatic rings. The number of hydrogen-bond acceptors (Lipinski definition) is 7. The first-order valence-corrected chi connectivity index (χ1v) is 6.14. The van der Waals surface area contributed by atoms with Crippen LogP contribution in [-0.4, -0.2) is 24.0 Å². The highest BCUT2D eigenvalue weighted by Gasteiger charge is 2.24. The smallest absolute Gasteiger partial charge is 0.417 e. The molecule has 0 unspecified atom stereocenters. The number of hydrogen-bond donors (Lipinski definition) is 1. The molecule has 0 saturated heterocycles. The Hall–Kier alpha value is -2.90. The summed E-state index contributed by atoms with van der Waals surface area (Å²) in [5.41, 5.74) is -1.68. The molecule has 110 valence electrons. The molecule has 0 atom stereocenters. The van der Waals surface area contributed by atoms with Gasteiger partial charge in [-0.3, -0.25) is 14.9 Å². The predicted octanol–water partition coefficient (Wildman–Crippen LogP) is 1.68. The first kappa shape index (κ1) is 14.5. The SMILES string of the molecule is CCOC(=O)CNc1c([N+](=O)[O-])c(=O)oc2ccccc12. The summed E-state index contributed by atoms with van der Waals surface area (Å²) in [6.45, 7) is 1.55. The fourth-order valence-electron chi connectivity index (χ4n) is 1.86. The average molecular weight is 292 g/mol. The van der Waals surface area contributed by atoms with Crippen molar-refractivity contribution < 1.29 is 18.9 Å². The summed E-state index contributed by atoms with van der Waals surface area (Å²) in [6.07, 6.45) is 0. The zero-order valence-corrected chi connectivity index (χ0v) is 11.1. The van der Waals surface area contributed by atoms with Crippen LogP contribution in [-0.2, 0) is 9.53 Å². The number of nitrogens with one attached hydrogen (secondary N) is 1. The molecule has 0 aliphatic heterocycles. The highest BCUT2D eigenvalue weighted by molar-refractivity contribution is 5.95. The van der Waals surface area contributed by atoms with E-state index in [4.69, 9.17) is 9.15 Å². The standard InChI is InChI=1S/C13H12N2O6/c1-2-20-10(16)7-14-11-8-5-3-4-6-9(8)21-13(17)12(11)15(18)19/h3-6,14H,2,7H2,1H3. The van der Waals surface area contributed by atoms with Crippen LogP contribution < -0.4 is 10.9 Å². The number of rotatable bonds is 5. The number of ether oxygens (including phenoxy) is 1. The lowest BCUT2D eigenvalue weighted by Crippen LogP contribution is -2.19. The molecular weight excluding hydrogens is 280 g/mol. The quantitative estimate of drug-likeness (QED) is 0.386. The van der Waals surface area contributed by atoms with Gasteiger partial charge in [0.1, 0.15) is 17.8 Å². The van der Waals surface area contributed by atoms with Crippen molar-refractivity contribution >= 4 is 28.3 Å². The molecule has 1 heterocycles. The van der Waals surface area contributed by atoms with E-state index in [9.17, 15) is 19.7 Å². The molecule has 0 radical (unpaired) electrons. The van der Waals surface area contributed by atoms with Gasteiger partial charge < -0.3 is 14.5 Å². The normalized spacial score (nSPS) is 10.3. The van der Waals surface area contributed by atoms with Crippen molar-refractivity contribution in [2.75, 3.05) is 18.5 Å². The van der Waals surface area contributed by atoms with Crippen LogP contribution in [0.4, 0.5) is 11.4 Å². The second-order valence-corrected chi connectivity index (χ2v) is 4.02. The van der Waals surface area contributed by atoms with E-state index in [0.717, 1.165) is 0 Å². The summed E-state index contributed by atoms with van der Waals surface area (Å²) in [7, 11) is 0. The third-order valence-corrected chi connectivity index (χ3v) is 2.69. The molecule has 0 saturated carbocycles. The number of fused-ring (bicyclic) bond motifs is 1. The Labute approximate surface area is 118 Å². The Kier molecular flexibility index (Phi) is 4.17. The highest BCUT2D eigenvalue weighted by Crippen LogP contribution is 2.29. The third-order valence-electron chi connectivity index (χ3n) is 2.69. The summed E-state index contributed by atoms with van der Waals surface area (Å²) >= 11 is 0. The van der Waals surface area contributed by atoms with Crippen molar-refractivity contribution in [1.29, 1.82) is 0 Å². The number of para-hydroxylation sites is 1. The molecule has 0 bridgehead atoms. The molecule has 1 aromatic carbocycles. The fourth-order valence-corrected chi connectivity index (χ4v) is 1.86. The lowest BCUT2D eigenvalue weighted by Gasteiger charge is -2.08. The van der Waals surface area contributed by atoms with Crippen LogP contribution in [0.3, 0.4) is 0 Å². The lowest BCUT2D eigenvalue weighted by molar-refractivity contribution is -0.386. The zero-order valence-electron chi connectivity index (χ0n) is 11.1. The molecule has 21 heavy (non-hydrogen) atoms. The monoisotopic (exact) mass is 292 g/mol. The van der Waals surface area contributed by atoms with Crippen molar-refractivity contribution in [3.05, 3.63) is 44.8 Å². The van der Waals surface area contributed by atoms with Crippen molar-refractivity contribution in [1.82, 2.24) is 0 Å². The number of benzene rings is 1. The minimum absolute atomic E-state index is 0.0556. The minimum atomic E-state index is -1.08. The van der Waals surface area contributed by atoms with E-state index < -0.39 is 22.2 Å². The molecule has 0 aliphatic rings. The number of carbonyl (C=O) groups is 1. The van der Waals surface area contributed by atoms with Gasteiger partial charge in [-0.2, -0.15) is 0 Å². The number of anilines is 1. The van der Waals surface area contributed by atoms with E-state index in [2.05, 4.69) is 5.32 Å². The second-order valence-electron chi connectivity index (χ2n) is 4.02. The third kappa shape index (κ3) is 2.99. The average Bonchev–Trinajstić information content (AvgIpc) is 2.44. The van der Waals surface area contributed by atoms with Crippen molar-refractivity contribution in [2.45, 2.75) is 6.92 Å². The van der Waals surface area contributed by atoms with Gasteiger partial charge in [-0.05, 0) is 19.1 Å². The van der Waals surface area contributed by atoms with Gasteiger partial charge in [-0.25, -0.2) is 4.79 Å². The fraction of sp³-hybridized carbons (Fsp3) is 0.231. The first-order valence-electron chi connectivity index (χ1n) is 6.14. The maximum Gasteiger partial charge on any atom is 0.417 e. The highest BCUT2D eigenvalue weighted by atomic mass is 16.6. The van der Waals surface area contributed by atoms with E-state index in [1.165, 1.54) is 6.07 Å². The maximum absolute atomic E-state index is 11.7. The molecule has 0 spiro atoms. The summed E-state index contributed by atoms with van der Waals surface area (Å²) in [4.78, 5) is 33.3. The van der Waals surface area contributed by atoms with Gasteiger partial charge in [-0.1, -0.05) is 12.1 Å². The molecule has 8 nitrogen and oxygen atoms in total. The first-order chi connectivity index (χ1) is 10.0. The second kappa shape index (κ2) is 6.04. The van der Waals surface area contributed by atoms with E-state index >= 15 is 0 Å². The molecule has 1 aromatic heterocycles. The van der Waals surface area contributed by atoms with Gasteiger partial charge >= 0.3 is 17.3 Å². The molecule has 0 fully saturated rings. The van der Waals surface area contributed by atoms with Crippen molar-refractivity contribution in [2.24, 2.45) is 0 Å². The Balaban J connectivity index is 2.52. The van der Waals surface area contributed by atoms with Crippen LogP contribution in [0.5, 0.6) is 0 Å². The molecule has 0 aliphatic carbocycles. The van der Waals surface area contributed by atoms with Gasteiger partial charge in [0.15, 0.2) is 0 Å². The van der Waals surface area contributed by atoms with Gasteiger partial charge in [0, 0.05) is 5.39 Å². The van der Waals surface area contributed by atoms with Crippen LogP contribution in [0, 0.1) is 10.1 Å². The minimum Gasteiger partial charge on any atom is -0.465 e. The topological polar surface area (TPSA) is 112 Å². The van der Waals surface area contributed by atoms with Gasteiger partial charge in [0.25, 0.3) is 0 Å². The molecule has 8 heteroatoms. The summed E-state index contributed by atoms with van der Waals surface area (Å²) in [6, 6.07) is 6.34. The van der Waals surface area contributed by atoms with Crippen molar-refractivity contribution in [3.8, 4) is 0 Å². The van der Waals surface area contributed by atoms with Crippen LogP contribution in [0.1, 0.15) is 6.92 Å². The summed E-state index contributed by atoms with van der Waals surface area (Å²) in [5, 5.41) is 14.0. The predicted molar refractivity (Wildman–Crippen MR) is 74.3 cm³/mol. The number of carbonyl (C=O) groups excluding carboxylic acids is 1. The van der Waals surface area contributed by atoms with Gasteiger partial charge in [0.05, 0.1) is 11.5 Å². The van der Waals surface area contributed by atoms with Crippen LogP contribution >= 0.6 is 0 Å². The Morgan fingerprint density at radius 1 is 1.43 bits per heavy atom. The zero-order chi connectivity index (χ0) is 15.4. The number of nitrogens with zero attached hydrogens (tertiary/aromatic N) is 1. The lowest BCUT2D eigenvalue weighted by atomic mass is 10.2. The van der Waals surface area contributed by atoms with Crippen molar-refractivity contribution in [3.63, 3.8) is 0 Å². The van der Waals surface area contributed by atoms with E-state index in [1.807, 2.05) is 0 Å². The number of nitro groups is 1. The van der Waals surface area contributed by atoms with E-state index in [0.29, 0.717) is 5.39 Å². The largest absolute Gasteiger partial charge is 0.465 e. The molecule has 1 N–H and O–H groups in total. The number of esters is 1. The van der Waals surface area contributed by atoms with E-state index in [-0.39, 0.29) is 24.4 Å². The Bertz CT molecular complexity index is 752. The Morgan fingerprint density at radius 2 is 2.14 bits per heavy atom. The van der Waals surface area contributed by atoms with Crippen LogP contribution in [0.25, 0.3) is 11.0 Å². The van der Waals surface area contributed by atoms with Gasteiger partial charge in [0.2, 0.25) is 0 Å². The van der Waals surface area contributed by atoms with Gasteiger partial charge in [-0.15, -0.1) is 0 Å². The van der Waals surface area contributed by atoms with E-state index in [1.54, 1.807) is 25.1 Å².